The van der Waals surface area contributed by atoms with Crippen molar-refractivity contribution in [1.29, 1.82) is 0 Å². The van der Waals surface area contributed by atoms with Crippen LogP contribution in [0.3, 0.4) is 0 Å². The highest BCUT2D eigenvalue weighted by Crippen LogP contribution is 2.30. The Kier molecular flexibility index (Phi) is 4.89. The highest BCUT2D eigenvalue weighted by molar-refractivity contribution is 9.10. The van der Waals surface area contributed by atoms with Gasteiger partial charge < -0.3 is 5.32 Å². The number of rotatable bonds is 4. The first kappa shape index (κ1) is 15.5. The lowest BCUT2D eigenvalue weighted by Gasteiger charge is -2.18. The van der Waals surface area contributed by atoms with Crippen LogP contribution in [0.15, 0.2) is 22.7 Å². The van der Waals surface area contributed by atoms with E-state index >= 15 is 0 Å². The lowest BCUT2D eigenvalue weighted by Crippen LogP contribution is -2.19. The Bertz CT molecular complexity index is 622. The van der Waals surface area contributed by atoms with Gasteiger partial charge in [-0.15, -0.1) is 0 Å². The van der Waals surface area contributed by atoms with Crippen LogP contribution in [-0.2, 0) is 13.5 Å². The summed E-state index contributed by atoms with van der Waals surface area (Å²) in [5.74, 6) is 0. The largest absolute Gasteiger partial charge is 0.313 e. The third kappa shape index (κ3) is 3.08. The molecule has 1 aromatic carbocycles. The molecule has 0 saturated heterocycles. The molecule has 0 aliphatic heterocycles. The van der Waals surface area contributed by atoms with E-state index in [1.807, 2.05) is 21.0 Å². The fourth-order valence-electron chi connectivity index (χ4n) is 2.39. The zero-order chi connectivity index (χ0) is 14.9. The maximum Gasteiger partial charge on any atom is 0.130 e. The van der Waals surface area contributed by atoms with Crippen molar-refractivity contribution in [2.24, 2.45) is 7.05 Å². The molecule has 1 N–H and O–H groups in total. The fraction of sp³-hybridized carbons (Fsp3) is 0.400. The van der Waals surface area contributed by atoms with E-state index in [1.165, 1.54) is 11.1 Å². The van der Waals surface area contributed by atoms with Crippen LogP contribution in [0.5, 0.6) is 0 Å². The van der Waals surface area contributed by atoms with Crippen molar-refractivity contribution in [3.63, 3.8) is 0 Å². The molecule has 0 saturated carbocycles. The molecule has 0 radical (unpaired) electrons. The van der Waals surface area contributed by atoms with E-state index in [2.05, 4.69) is 51.5 Å². The van der Waals surface area contributed by atoms with Gasteiger partial charge in [0.15, 0.2) is 0 Å². The number of hydrogen-bond acceptors (Lipinski definition) is 2. The van der Waals surface area contributed by atoms with Gasteiger partial charge >= 0.3 is 0 Å². The SMILES string of the molecule is CNC(Cc1c(C)nn(C)c1Cl)c1ccc(C)cc1Br. The predicted molar refractivity (Wildman–Crippen MR) is 87.3 cm³/mol. The van der Waals surface area contributed by atoms with Gasteiger partial charge in [-0.3, -0.25) is 4.68 Å². The molecule has 0 aliphatic rings. The van der Waals surface area contributed by atoms with Crippen LogP contribution < -0.4 is 5.32 Å². The minimum atomic E-state index is 0.199. The molecule has 0 fully saturated rings. The first-order chi connectivity index (χ1) is 9.43. The number of nitrogens with one attached hydrogen (secondary N) is 1. The van der Waals surface area contributed by atoms with Crippen LogP contribution in [0.25, 0.3) is 0 Å². The lowest BCUT2D eigenvalue weighted by molar-refractivity contribution is 0.588. The summed E-state index contributed by atoms with van der Waals surface area (Å²) in [6, 6.07) is 6.62. The van der Waals surface area contributed by atoms with Crippen LogP contribution in [0, 0.1) is 13.8 Å². The van der Waals surface area contributed by atoms with Crippen molar-refractivity contribution in [3.05, 3.63) is 50.2 Å². The molecule has 1 heterocycles. The fourth-order valence-corrected chi connectivity index (χ4v) is 3.41. The summed E-state index contributed by atoms with van der Waals surface area (Å²) in [6.45, 7) is 4.09. The Labute approximate surface area is 133 Å². The van der Waals surface area contributed by atoms with E-state index in [1.54, 1.807) is 4.68 Å². The van der Waals surface area contributed by atoms with E-state index in [4.69, 9.17) is 11.6 Å². The number of likely N-dealkylation sites (N-methyl/N-ethyl adjacent to an activating group) is 1. The van der Waals surface area contributed by atoms with E-state index in [-0.39, 0.29) is 6.04 Å². The summed E-state index contributed by atoms with van der Waals surface area (Å²) in [7, 11) is 3.84. The average molecular weight is 357 g/mol. The van der Waals surface area contributed by atoms with E-state index < -0.39 is 0 Å². The molecule has 20 heavy (non-hydrogen) atoms. The van der Waals surface area contributed by atoms with E-state index in [0.717, 1.165) is 22.2 Å². The molecule has 108 valence electrons. The van der Waals surface area contributed by atoms with Gasteiger partial charge in [-0.2, -0.15) is 5.10 Å². The monoisotopic (exact) mass is 355 g/mol. The minimum Gasteiger partial charge on any atom is -0.313 e. The van der Waals surface area contributed by atoms with Gasteiger partial charge in [-0.05, 0) is 44.5 Å². The summed E-state index contributed by atoms with van der Waals surface area (Å²) < 4.78 is 2.85. The molecule has 0 spiro atoms. The quantitative estimate of drug-likeness (QED) is 0.899. The molecule has 0 bridgehead atoms. The summed E-state index contributed by atoms with van der Waals surface area (Å²) in [6.07, 6.45) is 0.816. The molecule has 1 atom stereocenters. The molecule has 1 unspecified atom stereocenters. The Morgan fingerprint density at radius 1 is 1.40 bits per heavy atom. The summed E-state index contributed by atoms with van der Waals surface area (Å²) in [5.41, 5.74) is 4.56. The van der Waals surface area contributed by atoms with Gasteiger partial charge in [-0.1, -0.05) is 39.7 Å². The summed E-state index contributed by atoms with van der Waals surface area (Å²) in [5, 5.41) is 8.45. The van der Waals surface area contributed by atoms with Crippen LogP contribution in [0.1, 0.15) is 28.4 Å². The average Bonchev–Trinajstić information content (AvgIpc) is 2.62. The molecule has 2 rings (SSSR count). The smallest absolute Gasteiger partial charge is 0.130 e. The van der Waals surface area contributed by atoms with Crippen LogP contribution in [-0.4, -0.2) is 16.8 Å². The van der Waals surface area contributed by atoms with Crippen molar-refractivity contribution in [1.82, 2.24) is 15.1 Å². The van der Waals surface area contributed by atoms with Gasteiger partial charge in [0.1, 0.15) is 5.15 Å². The Hall–Kier alpha value is -0.840. The molecule has 0 aliphatic carbocycles. The van der Waals surface area contributed by atoms with Gasteiger partial charge in [0.2, 0.25) is 0 Å². The lowest BCUT2D eigenvalue weighted by atomic mass is 9.98. The first-order valence-corrected chi connectivity index (χ1v) is 7.72. The van der Waals surface area contributed by atoms with Crippen molar-refractivity contribution < 1.29 is 0 Å². The first-order valence-electron chi connectivity index (χ1n) is 6.55. The number of hydrogen-bond donors (Lipinski definition) is 1. The third-order valence-corrected chi connectivity index (χ3v) is 4.72. The Morgan fingerprint density at radius 2 is 2.10 bits per heavy atom. The molecule has 3 nitrogen and oxygen atoms in total. The van der Waals surface area contributed by atoms with Crippen LogP contribution in [0.2, 0.25) is 5.15 Å². The maximum atomic E-state index is 6.33. The topological polar surface area (TPSA) is 29.9 Å². The van der Waals surface area contributed by atoms with Gasteiger partial charge in [-0.25, -0.2) is 0 Å². The number of aryl methyl sites for hydroxylation is 3. The standard InChI is InChI=1S/C15H19BrClN3/c1-9-5-6-11(13(16)7-9)14(18-3)8-12-10(2)19-20(4)15(12)17/h5-7,14,18H,8H2,1-4H3. The zero-order valence-electron chi connectivity index (χ0n) is 12.2. The zero-order valence-corrected chi connectivity index (χ0v) is 14.5. The third-order valence-electron chi connectivity index (χ3n) is 3.56. The van der Waals surface area contributed by atoms with Crippen molar-refractivity contribution in [3.8, 4) is 0 Å². The summed E-state index contributed by atoms with van der Waals surface area (Å²) in [4.78, 5) is 0. The second kappa shape index (κ2) is 6.29. The number of nitrogens with zero attached hydrogens (tertiary/aromatic N) is 2. The second-order valence-corrected chi connectivity index (χ2v) is 6.26. The normalized spacial score (nSPS) is 12.7. The highest BCUT2D eigenvalue weighted by Gasteiger charge is 2.19. The molecule has 5 heteroatoms. The molecular formula is C15H19BrClN3. The number of benzene rings is 1. The molecular weight excluding hydrogens is 338 g/mol. The second-order valence-electron chi connectivity index (χ2n) is 5.05. The van der Waals surface area contributed by atoms with Crippen molar-refractivity contribution >= 4 is 27.5 Å². The maximum absolute atomic E-state index is 6.33. The molecule has 2 aromatic rings. The predicted octanol–water partition coefficient (Wildman–Crippen LogP) is 3.96. The number of halogens is 2. The van der Waals surface area contributed by atoms with Crippen LogP contribution >= 0.6 is 27.5 Å². The van der Waals surface area contributed by atoms with Crippen LogP contribution in [0.4, 0.5) is 0 Å². The van der Waals surface area contributed by atoms with E-state index in [9.17, 15) is 0 Å². The molecule has 1 aromatic heterocycles. The van der Waals surface area contributed by atoms with Gasteiger partial charge in [0, 0.05) is 23.1 Å². The molecule has 0 amide bonds. The van der Waals surface area contributed by atoms with Gasteiger partial charge in [0.05, 0.1) is 5.69 Å². The number of aromatic nitrogens is 2. The Morgan fingerprint density at radius 3 is 2.60 bits per heavy atom. The van der Waals surface area contributed by atoms with E-state index in [0.29, 0.717) is 5.15 Å². The Balaban J connectivity index is 2.33. The van der Waals surface area contributed by atoms with Gasteiger partial charge in [0.25, 0.3) is 0 Å². The highest BCUT2D eigenvalue weighted by atomic mass is 79.9. The van der Waals surface area contributed by atoms with Crippen molar-refractivity contribution in [2.75, 3.05) is 7.05 Å². The summed E-state index contributed by atoms with van der Waals surface area (Å²) >= 11 is 9.98. The minimum absolute atomic E-state index is 0.199. The van der Waals surface area contributed by atoms with Crippen molar-refractivity contribution in [2.45, 2.75) is 26.3 Å².